The van der Waals surface area contributed by atoms with Gasteiger partial charge < -0.3 is 10.1 Å². The van der Waals surface area contributed by atoms with E-state index in [1.54, 1.807) is 33.9 Å². The average molecular weight is 554 g/mol. The summed E-state index contributed by atoms with van der Waals surface area (Å²) in [6, 6.07) is 13.9. The number of anilines is 2. The van der Waals surface area contributed by atoms with Gasteiger partial charge in [-0.3, -0.25) is 9.58 Å². The number of nitrogens with one attached hydrogen (secondary N) is 1. The van der Waals surface area contributed by atoms with Crippen molar-refractivity contribution in [1.82, 2.24) is 19.7 Å². The van der Waals surface area contributed by atoms with Crippen molar-refractivity contribution in [3.05, 3.63) is 83.4 Å². The zero-order valence-corrected chi connectivity index (χ0v) is 22.3. The Kier molecular flexibility index (Phi) is 6.77. The monoisotopic (exact) mass is 553 g/mol. The first-order chi connectivity index (χ1) is 18.8. The highest BCUT2D eigenvalue weighted by Gasteiger charge is 2.36. The molecule has 11 heteroatoms. The van der Waals surface area contributed by atoms with Crippen molar-refractivity contribution >= 4 is 17.5 Å². The second kappa shape index (κ2) is 9.96. The molecular formula is C29H27F4N5O2. The van der Waals surface area contributed by atoms with Crippen LogP contribution < -0.4 is 5.32 Å². The number of carbonyl (C=O) groups excluding carboxylic acids is 1. The molecule has 0 aliphatic carbocycles. The molecule has 5 rings (SSSR count). The normalized spacial score (nSPS) is 13.3. The zero-order chi connectivity index (χ0) is 28.8. The van der Waals surface area contributed by atoms with Crippen LogP contribution in [-0.4, -0.2) is 31.4 Å². The minimum atomic E-state index is -4.79. The maximum atomic E-state index is 15.2. The molecular weight excluding hydrogens is 526 g/mol. The summed E-state index contributed by atoms with van der Waals surface area (Å²) in [7, 11) is 1.59. The number of aryl methyl sites for hydroxylation is 1. The highest BCUT2D eigenvalue weighted by molar-refractivity contribution is 5.81. The van der Waals surface area contributed by atoms with Gasteiger partial charge in [0.15, 0.2) is 0 Å². The molecule has 1 aliphatic rings. The molecule has 0 fully saturated rings. The van der Waals surface area contributed by atoms with E-state index in [0.717, 1.165) is 6.07 Å². The third kappa shape index (κ3) is 5.63. The van der Waals surface area contributed by atoms with Gasteiger partial charge in [0, 0.05) is 24.4 Å². The Morgan fingerprint density at radius 1 is 1.00 bits per heavy atom. The molecule has 0 atom stereocenters. The van der Waals surface area contributed by atoms with Crippen molar-refractivity contribution in [3.8, 4) is 22.5 Å². The van der Waals surface area contributed by atoms with Crippen LogP contribution in [0.25, 0.3) is 22.5 Å². The predicted octanol–water partition coefficient (Wildman–Crippen LogP) is 7.30. The summed E-state index contributed by atoms with van der Waals surface area (Å²) in [5.74, 6) is -1.08. The minimum Gasteiger partial charge on any atom is -0.444 e. The van der Waals surface area contributed by atoms with Crippen LogP contribution >= 0.6 is 0 Å². The van der Waals surface area contributed by atoms with Crippen LogP contribution in [0.2, 0.25) is 0 Å². The molecule has 0 radical (unpaired) electrons. The van der Waals surface area contributed by atoms with Crippen molar-refractivity contribution < 1.29 is 27.1 Å². The predicted molar refractivity (Wildman–Crippen MR) is 142 cm³/mol. The van der Waals surface area contributed by atoms with Crippen LogP contribution in [0.1, 0.15) is 37.6 Å². The number of ether oxygens (including phenoxy) is 1. The molecule has 0 bridgehead atoms. The Bertz CT molecular complexity index is 1580. The van der Waals surface area contributed by atoms with E-state index in [0.29, 0.717) is 34.3 Å². The van der Waals surface area contributed by atoms with Gasteiger partial charge in [-0.1, -0.05) is 30.3 Å². The molecule has 208 valence electrons. The van der Waals surface area contributed by atoms with E-state index in [1.165, 1.54) is 21.8 Å². The Hall–Kier alpha value is -4.41. The van der Waals surface area contributed by atoms with Crippen LogP contribution in [0.15, 0.2) is 60.8 Å². The van der Waals surface area contributed by atoms with E-state index in [2.05, 4.69) is 10.4 Å². The number of fused-ring (bicyclic) bond motifs is 1. The summed E-state index contributed by atoms with van der Waals surface area (Å²) in [6.07, 6.45) is -3.77. The number of rotatable bonds is 4. The largest absolute Gasteiger partial charge is 0.444 e. The van der Waals surface area contributed by atoms with Crippen molar-refractivity contribution in [3.63, 3.8) is 0 Å². The van der Waals surface area contributed by atoms with Crippen LogP contribution in [0.3, 0.4) is 0 Å². The molecule has 3 heterocycles. The number of hydrogen-bond donors (Lipinski definition) is 1. The summed E-state index contributed by atoms with van der Waals surface area (Å²) in [5.41, 5.74) is 0.734. The number of carbonyl (C=O) groups is 1. The van der Waals surface area contributed by atoms with Crippen LogP contribution in [0.5, 0.6) is 0 Å². The summed E-state index contributed by atoms with van der Waals surface area (Å²) in [5, 5.41) is 7.07. The van der Waals surface area contributed by atoms with E-state index in [4.69, 9.17) is 9.72 Å². The number of aromatic nitrogens is 3. The molecule has 0 saturated carbocycles. The van der Waals surface area contributed by atoms with Crippen LogP contribution in [0, 0.1) is 5.82 Å². The lowest BCUT2D eigenvalue weighted by Crippen LogP contribution is -2.33. The first kappa shape index (κ1) is 27.2. The summed E-state index contributed by atoms with van der Waals surface area (Å²) < 4.78 is 63.6. The topological polar surface area (TPSA) is 72.3 Å². The number of alkyl halides is 3. The molecule has 0 saturated heterocycles. The Labute approximate surface area is 228 Å². The Morgan fingerprint density at radius 3 is 2.35 bits per heavy atom. The van der Waals surface area contributed by atoms with Crippen LogP contribution in [-0.2, 0) is 31.1 Å². The van der Waals surface area contributed by atoms with E-state index in [-0.39, 0.29) is 30.0 Å². The van der Waals surface area contributed by atoms with Gasteiger partial charge in [-0.25, -0.2) is 14.2 Å². The molecule has 7 nitrogen and oxygen atoms in total. The van der Waals surface area contributed by atoms with Crippen molar-refractivity contribution in [2.75, 3.05) is 5.32 Å². The number of nitrogens with zero attached hydrogens (tertiary/aromatic N) is 4. The number of pyridine rings is 1. The highest BCUT2D eigenvalue weighted by atomic mass is 19.4. The first-order valence-corrected chi connectivity index (χ1v) is 12.5. The van der Waals surface area contributed by atoms with E-state index < -0.39 is 29.3 Å². The summed E-state index contributed by atoms with van der Waals surface area (Å²) in [6.45, 7) is 5.78. The van der Waals surface area contributed by atoms with Gasteiger partial charge in [-0.05, 0) is 50.6 Å². The number of amides is 1. The third-order valence-electron chi connectivity index (χ3n) is 6.26. The Balaban J connectivity index is 1.58. The molecule has 0 spiro atoms. The number of benzene rings is 2. The molecule has 4 aromatic rings. The van der Waals surface area contributed by atoms with Crippen molar-refractivity contribution in [2.45, 2.75) is 45.6 Å². The Morgan fingerprint density at radius 2 is 1.73 bits per heavy atom. The highest BCUT2D eigenvalue weighted by Crippen LogP contribution is 2.41. The van der Waals surface area contributed by atoms with Crippen molar-refractivity contribution in [2.24, 2.45) is 7.05 Å². The maximum Gasteiger partial charge on any atom is 0.417 e. The summed E-state index contributed by atoms with van der Waals surface area (Å²) >= 11 is 0. The van der Waals surface area contributed by atoms with Crippen LogP contribution in [0.4, 0.5) is 33.7 Å². The number of halogens is 4. The molecule has 2 aromatic carbocycles. The third-order valence-corrected chi connectivity index (χ3v) is 6.26. The van der Waals surface area contributed by atoms with E-state index in [1.807, 2.05) is 30.3 Å². The second-order valence-corrected chi connectivity index (χ2v) is 10.6. The van der Waals surface area contributed by atoms with E-state index in [9.17, 15) is 18.0 Å². The fraction of sp³-hybridized carbons (Fsp3) is 0.276. The number of hydrogen-bond acceptors (Lipinski definition) is 5. The fourth-order valence-electron chi connectivity index (χ4n) is 4.50. The first-order valence-electron chi connectivity index (χ1n) is 12.5. The molecule has 1 N–H and O–H groups in total. The SMILES string of the molecule is Cn1ccc(-c2cc(Nc3cc4c(nc3-c3ccccc3)CN(C(=O)OC(C)(C)C)C4)c(F)cc2C(F)(F)F)n1. The van der Waals surface area contributed by atoms with Gasteiger partial charge >= 0.3 is 12.3 Å². The van der Waals surface area contributed by atoms with Gasteiger partial charge in [0.05, 0.1) is 47.1 Å². The zero-order valence-electron chi connectivity index (χ0n) is 22.3. The lowest BCUT2D eigenvalue weighted by molar-refractivity contribution is -0.137. The minimum absolute atomic E-state index is 0.0567. The van der Waals surface area contributed by atoms with E-state index >= 15 is 4.39 Å². The lowest BCUT2D eigenvalue weighted by Gasteiger charge is -2.23. The second-order valence-electron chi connectivity index (χ2n) is 10.6. The van der Waals surface area contributed by atoms with Gasteiger partial charge in [0.25, 0.3) is 0 Å². The smallest absolute Gasteiger partial charge is 0.417 e. The molecule has 40 heavy (non-hydrogen) atoms. The van der Waals surface area contributed by atoms with Crippen molar-refractivity contribution in [1.29, 1.82) is 0 Å². The summed E-state index contributed by atoms with van der Waals surface area (Å²) in [4.78, 5) is 19.0. The molecule has 1 aliphatic heterocycles. The molecule has 1 amide bonds. The van der Waals surface area contributed by atoms with Gasteiger partial charge in [-0.15, -0.1) is 0 Å². The average Bonchev–Trinajstić information content (AvgIpc) is 3.49. The van der Waals surface area contributed by atoms with Gasteiger partial charge in [-0.2, -0.15) is 18.3 Å². The fourth-order valence-corrected chi connectivity index (χ4v) is 4.50. The lowest BCUT2D eigenvalue weighted by atomic mass is 10.0. The quantitative estimate of drug-likeness (QED) is 0.269. The van der Waals surface area contributed by atoms with Gasteiger partial charge in [0.2, 0.25) is 0 Å². The van der Waals surface area contributed by atoms with Gasteiger partial charge in [0.1, 0.15) is 11.4 Å². The maximum absolute atomic E-state index is 15.2. The molecule has 0 unspecified atom stereocenters. The molecule has 2 aromatic heterocycles. The standard InChI is InChI=1S/C29H27F4N5O2/c1-28(2,3)40-27(39)38-15-18-12-24(26(35-25(18)16-38)17-8-6-5-7-9-17)34-23-13-19(22-10-11-37(4)36-22)20(14-21(23)30)29(31,32)33/h5-14,34H,15-16H2,1-4H3.